The van der Waals surface area contributed by atoms with Crippen LogP contribution < -0.4 is 5.32 Å². The van der Waals surface area contributed by atoms with E-state index in [1.54, 1.807) is 6.26 Å². The van der Waals surface area contributed by atoms with E-state index in [1.165, 1.54) is 19.4 Å². The average molecular weight is 246 g/mol. The lowest BCUT2D eigenvalue weighted by atomic mass is 9.98. The van der Waals surface area contributed by atoms with E-state index in [-0.39, 0.29) is 0 Å². The van der Waals surface area contributed by atoms with Gasteiger partial charge in [0, 0.05) is 34.9 Å². The Labute approximate surface area is 102 Å². The van der Waals surface area contributed by atoms with E-state index in [0.717, 1.165) is 25.3 Å². The van der Waals surface area contributed by atoms with Crippen molar-refractivity contribution in [3.63, 3.8) is 0 Å². The average Bonchev–Trinajstić information content (AvgIpc) is 2.21. The first-order valence-corrected chi connectivity index (χ1v) is 8.13. The standard InChI is InChI=1S/C12H26N2OS/c1-4-13-12-6-8-14(11(2)10-12)7-5-9-16(3)15/h11-13H,4-10H2,1-3H3. The lowest BCUT2D eigenvalue weighted by Crippen LogP contribution is -2.47. The molecule has 3 atom stereocenters. The van der Waals surface area contributed by atoms with Crippen LogP contribution >= 0.6 is 0 Å². The molecule has 4 heteroatoms. The van der Waals surface area contributed by atoms with E-state index < -0.39 is 10.8 Å². The van der Waals surface area contributed by atoms with Crippen LogP contribution in [0.25, 0.3) is 0 Å². The van der Waals surface area contributed by atoms with Crippen molar-refractivity contribution in [2.75, 3.05) is 31.6 Å². The summed E-state index contributed by atoms with van der Waals surface area (Å²) in [7, 11) is -0.630. The van der Waals surface area contributed by atoms with Crippen LogP contribution in [0, 0.1) is 0 Å². The maximum atomic E-state index is 11.0. The van der Waals surface area contributed by atoms with Crippen LogP contribution in [0.15, 0.2) is 0 Å². The first-order chi connectivity index (χ1) is 7.63. The molecule has 1 aliphatic rings. The molecule has 1 N–H and O–H groups in total. The highest BCUT2D eigenvalue weighted by molar-refractivity contribution is 7.84. The minimum absolute atomic E-state index is 0.630. The summed E-state index contributed by atoms with van der Waals surface area (Å²) in [6.45, 7) is 7.86. The zero-order chi connectivity index (χ0) is 12.0. The van der Waals surface area contributed by atoms with Crippen molar-refractivity contribution in [2.45, 2.75) is 45.2 Å². The van der Waals surface area contributed by atoms with Gasteiger partial charge < -0.3 is 10.2 Å². The summed E-state index contributed by atoms with van der Waals surface area (Å²) < 4.78 is 11.0. The fourth-order valence-electron chi connectivity index (χ4n) is 2.50. The minimum atomic E-state index is -0.630. The third-order valence-corrected chi connectivity index (χ3v) is 4.25. The van der Waals surface area contributed by atoms with Gasteiger partial charge in [-0.3, -0.25) is 4.21 Å². The molecule has 0 bridgehead atoms. The Kier molecular flexibility index (Phi) is 6.54. The Morgan fingerprint density at radius 2 is 2.25 bits per heavy atom. The number of hydrogen-bond donors (Lipinski definition) is 1. The largest absolute Gasteiger partial charge is 0.314 e. The number of hydrogen-bond acceptors (Lipinski definition) is 3. The van der Waals surface area contributed by atoms with Crippen LogP contribution in [-0.2, 0) is 10.8 Å². The van der Waals surface area contributed by atoms with Gasteiger partial charge in [0.2, 0.25) is 0 Å². The Morgan fingerprint density at radius 1 is 1.50 bits per heavy atom. The van der Waals surface area contributed by atoms with Gasteiger partial charge in [-0.25, -0.2) is 0 Å². The summed E-state index contributed by atoms with van der Waals surface area (Å²) in [6.07, 6.45) is 5.37. The van der Waals surface area contributed by atoms with Crippen molar-refractivity contribution >= 4 is 10.8 Å². The molecule has 0 spiro atoms. The molecule has 3 nitrogen and oxygen atoms in total. The maximum Gasteiger partial charge on any atom is 0.0244 e. The van der Waals surface area contributed by atoms with Crippen LogP contribution in [0.2, 0.25) is 0 Å². The van der Waals surface area contributed by atoms with E-state index in [0.29, 0.717) is 12.1 Å². The first-order valence-electron chi connectivity index (χ1n) is 6.41. The molecule has 3 unspecified atom stereocenters. The number of likely N-dealkylation sites (tertiary alicyclic amines) is 1. The van der Waals surface area contributed by atoms with Gasteiger partial charge in [0.1, 0.15) is 0 Å². The topological polar surface area (TPSA) is 32.3 Å². The number of nitrogens with one attached hydrogen (secondary N) is 1. The van der Waals surface area contributed by atoms with Crippen LogP contribution in [-0.4, -0.2) is 52.8 Å². The third kappa shape index (κ3) is 4.93. The lowest BCUT2D eigenvalue weighted by Gasteiger charge is -2.38. The third-order valence-electron chi connectivity index (χ3n) is 3.38. The van der Waals surface area contributed by atoms with Crippen molar-refractivity contribution in [3.05, 3.63) is 0 Å². The van der Waals surface area contributed by atoms with E-state index in [1.807, 2.05) is 0 Å². The molecule has 1 aliphatic heterocycles. The van der Waals surface area contributed by atoms with Gasteiger partial charge in [0.05, 0.1) is 0 Å². The number of rotatable bonds is 6. The summed E-state index contributed by atoms with van der Waals surface area (Å²) in [5.74, 6) is 0.847. The second kappa shape index (κ2) is 7.41. The molecule has 0 amide bonds. The number of piperidine rings is 1. The Bertz CT molecular complexity index is 223. The van der Waals surface area contributed by atoms with E-state index in [4.69, 9.17) is 0 Å². The van der Waals surface area contributed by atoms with Gasteiger partial charge >= 0.3 is 0 Å². The fraction of sp³-hybridized carbons (Fsp3) is 1.00. The lowest BCUT2D eigenvalue weighted by molar-refractivity contribution is 0.137. The molecule has 1 fully saturated rings. The molecular formula is C12H26N2OS. The van der Waals surface area contributed by atoms with Gasteiger partial charge in [-0.05, 0) is 45.8 Å². The molecule has 0 radical (unpaired) electrons. The number of nitrogens with zero attached hydrogens (tertiary/aromatic N) is 1. The molecular weight excluding hydrogens is 220 g/mol. The van der Waals surface area contributed by atoms with Crippen molar-refractivity contribution in [2.24, 2.45) is 0 Å². The fourth-order valence-corrected chi connectivity index (χ4v) is 3.03. The van der Waals surface area contributed by atoms with Crippen molar-refractivity contribution < 1.29 is 4.21 Å². The van der Waals surface area contributed by atoms with Crippen molar-refractivity contribution in [3.8, 4) is 0 Å². The summed E-state index contributed by atoms with van der Waals surface area (Å²) in [4.78, 5) is 2.54. The van der Waals surface area contributed by atoms with Crippen LogP contribution in [0.3, 0.4) is 0 Å². The van der Waals surface area contributed by atoms with E-state index >= 15 is 0 Å². The zero-order valence-corrected chi connectivity index (χ0v) is 11.7. The Balaban J connectivity index is 2.22. The molecule has 1 saturated heterocycles. The van der Waals surface area contributed by atoms with Crippen molar-refractivity contribution in [1.29, 1.82) is 0 Å². The Morgan fingerprint density at radius 3 is 2.81 bits per heavy atom. The predicted molar refractivity (Wildman–Crippen MR) is 71.3 cm³/mol. The highest BCUT2D eigenvalue weighted by Gasteiger charge is 2.24. The normalized spacial score (nSPS) is 29.2. The van der Waals surface area contributed by atoms with E-state index in [2.05, 4.69) is 24.1 Å². The van der Waals surface area contributed by atoms with Gasteiger partial charge in [-0.15, -0.1) is 0 Å². The molecule has 96 valence electrons. The van der Waals surface area contributed by atoms with Gasteiger partial charge in [-0.2, -0.15) is 0 Å². The SMILES string of the molecule is CCNC1CCN(CCCS(C)=O)C(C)C1. The summed E-state index contributed by atoms with van der Waals surface area (Å²) in [5, 5.41) is 3.53. The summed E-state index contributed by atoms with van der Waals surface area (Å²) in [6, 6.07) is 1.37. The molecule has 0 aromatic heterocycles. The molecule has 16 heavy (non-hydrogen) atoms. The monoisotopic (exact) mass is 246 g/mol. The minimum Gasteiger partial charge on any atom is -0.314 e. The molecule has 0 aromatic rings. The smallest absolute Gasteiger partial charge is 0.0244 e. The van der Waals surface area contributed by atoms with Crippen LogP contribution in [0.5, 0.6) is 0 Å². The molecule has 1 heterocycles. The summed E-state index contributed by atoms with van der Waals surface area (Å²) in [5.41, 5.74) is 0. The molecule has 0 saturated carbocycles. The second-order valence-corrected chi connectivity index (χ2v) is 6.35. The first kappa shape index (κ1) is 14.1. The molecule has 0 aliphatic carbocycles. The van der Waals surface area contributed by atoms with Crippen molar-refractivity contribution in [1.82, 2.24) is 10.2 Å². The highest BCUT2D eigenvalue weighted by atomic mass is 32.2. The van der Waals surface area contributed by atoms with E-state index in [9.17, 15) is 4.21 Å². The highest BCUT2D eigenvalue weighted by Crippen LogP contribution is 2.17. The molecule has 1 rings (SSSR count). The quantitative estimate of drug-likeness (QED) is 0.765. The van der Waals surface area contributed by atoms with Gasteiger partial charge in [-0.1, -0.05) is 6.92 Å². The zero-order valence-electron chi connectivity index (χ0n) is 10.9. The summed E-state index contributed by atoms with van der Waals surface area (Å²) >= 11 is 0. The van der Waals surface area contributed by atoms with Crippen LogP contribution in [0.1, 0.15) is 33.1 Å². The van der Waals surface area contributed by atoms with Gasteiger partial charge in [0.25, 0.3) is 0 Å². The molecule has 0 aromatic carbocycles. The van der Waals surface area contributed by atoms with Crippen LogP contribution in [0.4, 0.5) is 0 Å². The maximum absolute atomic E-state index is 11.0. The predicted octanol–water partition coefficient (Wildman–Crippen LogP) is 1.22. The second-order valence-electron chi connectivity index (χ2n) is 4.79. The Hall–Kier alpha value is 0.0700. The van der Waals surface area contributed by atoms with Gasteiger partial charge in [0.15, 0.2) is 0 Å².